The highest BCUT2D eigenvalue weighted by atomic mass is 35.5. The number of halogens is 2. The summed E-state index contributed by atoms with van der Waals surface area (Å²) in [6, 6.07) is 17.8. The molecule has 0 aromatic heterocycles. The monoisotopic (exact) mass is 658 g/mol. The zero-order chi connectivity index (χ0) is 32.7. The maximum absolute atomic E-state index is 15.4. The Kier molecular flexibility index (Phi) is 11.6. The molecule has 0 saturated carbocycles. The zero-order valence-electron chi connectivity index (χ0n) is 25.8. The first-order valence-electron chi connectivity index (χ1n) is 14.9. The number of hydrogen-bond acceptors (Lipinski definition) is 6. The molecule has 0 radical (unpaired) electrons. The quantitative estimate of drug-likeness (QED) is 0.248. The van der Waals surface area contributed by atoms with E-state index in [1.807, 2.05) is 20.8 Å². The Morgan fingerprint density at radius 1 is 1.04 bits per heavy atom. The lowest BCUT2D eigenvalue weighted by Crippen LogP contribution is -2.58. The van der Waals surface area contributed by atoms with Gasteiger partial charge >= 0.3 is 6.09 Å². The van der Waals surface area contributed by atoms with Crippen LogP contribution >= 0.6 is 11.6 Å². The summed E-state index contributed by atoms with van der Waals surface area (Å²) in [4.78, 5) is 26.5. The number of carbonyl (C=O) groups excluding carboxylic acids is 2. The number of nitrogens with one attached hydrogen (secondary N) is 3. The molecule has 0 bridgehead atoms. The summed E-state index contributed by atoms with van der Waals surface area (Å²) >= 11 is 6.10. The van der Waals surface area contributed by atoms with E-state index >= 15 is 4.39 Å². The molecule has 1 aliphatic heterocycles. The van der Waals surface area contributed by atoms with Gasteiger partial charge in [-0.2, -0.15) is 4.31 Å². The van der Waals surface area contributed by atoms with Crippen LogP contribution in [0, 0.1) is 11.7 Å². The Hall–Kier alpha value is -3.51. The van der Waals surface area contributed by atoms with Crippen molar-refractivity contribution >= 4 is 39.3 Å². The highest BCUT2D eigenvalue weighted by Crippen LogP contribution is 2.32. The molecule has 1 saturated heterocycles. The minimum Gasteiger partial charge on any atom is -0.453 e. The van der Waals surface area contributed by atoms with Gasteiger partial charge in [-0.15, -0.1) is 0 Å². The van der Waals surface area contributed by atoms with Gasteiger partial charge in [0.25, 0.3) is 0 Å². The molecule has 3 N–H and O–H groups in total. The van der Waals surface area contributed by atoms with E-state index in [1.54, 1.807) is 60.7 Å². The molecular formula is C33H40ClFN4O5S. The average Bonchev–Trinajstić information content (AvgIpc) is 3.01. The first-order chi connectivity index (χ1) is 21.4. The third-order valence-corrected chi connectivity index (χ3v) is 10.4. The van der Waals surface area contributed by atoms with E-state index in [1.165, 1.54) is 23.5 Å². The number of alkyl carbamates (subject to hydrolysis) is 1. The molecule has 1 fully saturated rings. The normalized spacial score (nSPS) is 18.6. The lowest BCUT2D eigenvalue weighted by atomic mass is 9.82. The molecule has 4 atom stereocenters. The van der Waals surface area contributed by atoms with Crippen molar-refractivity contribution in [2.75, 3.05) is 25.5 Å². The number of hydrogen-bond donors (Lipinski definition) is 3. The van der Waals surface area contributed by atoms with Gasteiger partial charge in [0.15, 0.2) is 0 Å². The second kappa shape index (κ2) is 15.2. The SMILES string of the molecule is COC(=O)N[C@H](C(=O)Nc1cccc(F)c1CC[C@H]1CNC[C@@H](C)N1S(=O)(=O)c1ccccc1)C(c1ccc(Cl)cc1)C(C)C. The van der Waals surface area contributed by atoms with Crippen molar-refractivity contribution in [2.45, 2.75) is 62.6 Å². The first-order valence-corrected chi connectivity index (χ1v) is 16.7. The number of rotatable bonds is 11. The third-order valence-electron chi connectivity index (χ3n) is 8.11. The Morgan fingerprint density at radius 3 is 2.38 bits per heavy atom. The van der Waals surface area contributed by atoms with E-state index < -0.39 is 45.8 Å². The summed E-state index contributed by atoms with van der Waals surface area (Å²) < 4.78 is 49.0. The van der Waals surface area contributed by atoms with E-state index in [0.29, 0.717) is 24.5 Å². The van der Waals surface area contributed by atoms with Gasteiger partial charge in [-0.3, -0.25) is 4.79 Å². The fourth-order valence-electron chi connectivity index (χ4n) is 5.98. The second-order valence-electron chi connectivity index (χ2n) is 11.5. The van der Waals surface area contributed by atoms with Gasteiger partial charge in [-0.25, -0.2) is 17.6 Å². The molecule has 1 unspecified atom stereocenters. The fraction of sp³-hybridized carbons (Fsp3) is 0.394. The Labute approximate surface area is 269 Å². The number of methoxy groups -OCH3 is 1. The first kappa shape index (κ1) is 34.4. The van der Waals surface area contributed by atoms with Crippen molar-refractivity contribution in [1.82, 2.24) is 14.9 Å². The molecule has 1 heterocycles. The lowest BCUT2D eigenvalue weighted by molar-refractivity contribution is -0.118. The van der Waals surface area contributed by atoms with Crippen molar-refractivity contribution < 1.29 is 27.1 Å². The Bertz CT molecular complexity index is 1570. The van der Waals surface area contributed by atoms with Crippen LogP contribution in [0.4, 0.5) is 14.9 Å². The predicted molar refractivity (Wildman–Crippen MR) is 173 cm³/mol. The summed E-state index contributed by atoms with van der Waals surface area (Å²) in [7, 11) is -2.59. The summed E-state index contributed by atoms with van der Waals surface area (Å²) in [5, 5.41) is 9.32. The minimum atomic E-state index is -3.81. The average molecular weight is 659 g/mol. The second-order valence-corrected chi connectivity index (χ2v) is 13.8. The molecule has 1 aliphatic rings. The molecule has 12 heteroatoms. The molecule has 242 valence electrons. The van der Waals surface area contributed by atoms with Crippen LogP contribution in [0.25, 0.3) is 0 Å². The van der Waals surface area contributed by atoms with Crippen molar-refractivity contribution in [3.05, 3.63) is 94.8 Å². The molecule has 4 rings (SSSR count). The zero-order valence-corrected chi connectivity index (χ0v) is 27.4. The smallest absolute Gasteiger partial charge is 0.407 e. The molecule has 0 spiro atoms. The molecule has 3 aromatic rings. The largest absolute Gasteiger partial charge is 0.453 e. The van der Waals surface area contributed by atoms with Crippen molar-refractivity contribution in [3.63, 3.8) is 0 Å². The highest BCUT2D eigenvalue weighted by molar-refractivity contribution is 7.89. The molecular weight excluding hydrogens is 619 g/mol. The predicted octanol–water partition coefficient (Wildman–Crippen LogP) is 5.57. The van der Waals surface area contributed by atoms with Crippen molar-refractivity contribution in [3.8, 4) is 0 Å². The van der Waals surface area contributed by atoms with Gasteiger partial charge in [0.2, 0.25) is 15.9 Å². The topological polar surface area (TPSA) is 117 Å². The Balaban J connectivity index is 1.60. The van der Waals surface area contributed by atoms with Crippen LogP contribution in [0.2, 0.25) is 5.02 Å². The van der Waals surface area contributed by atoms with Gasteiger partial charge < -0.3 is 20.7 Å². The summed E-state index contributed by atoms with van der Waals surface area (Å²) in [5.41, 5.74) is 1.26. The van der Waals surface area contributed by atoms with Crippen LogP contribution in [-0.4, -0.2) is 63.0 Å². The number of carbonyl (C=O) groups is 2. The van der Waals surface area contributed by atoms with Crippen LogP contribution in [-0.2, 0) is 26.0 Å². The number of ether oxygens (including phenoxy) is 1. The number of anilines is 1. The van der Waals surface area contributed by atoms with Crippen LogP contribution in [0.5, 0.6) is 0 Å². The van der Waals surface area contributed by atoms with E-state index in [0.717, 1.165) is 5.56 Å². The third kappa shape index (κ3) is 8.21. The van der Waals surface area contributed by atoms with Crippen molar-refractivity contribution in [1.29, 1.82) is 0 Å². The van der Waals surface area contributed by atoms with Gasteiger partial charge in [0, 0.05) is 47.4 Å². The van der Waals surface area contributed by atoms with Gasteiger partial charge in [0.1, 0.15) is 11.9 Å². The van der Waals surface area contributed by atoms with Gasteiger partial charge in [-0.1, -0.05) is 61.8 Å². The van der Waals surface area contributed by atoms with Crippen LogP contribution < -0.4 is 16.0 Å². The van der Waals surface area contributed by atoms with E-state index in [-0.39, 0.29) is 34.5 Å². The highest BCUT2D eigenvalue weighted by Gasteiger charge is 2.38. The minimum absolute atomic E-state index is 0.0931. The summed E-state index contributed by atoms with van der Waals surface area (Å²) in [6.07, 6.45) is -0.328. The molecule has 0 aliphatic carbocycles. The van der Waals surface area contributed by atoms with E-state index in [4.69, 9.17) is 16.3 Å². The summed E-state index contributed by atoms with van der Waals surface area (Å²) in [5.74, 6) is -1.64. The molecule has 2 amide bonds. The molecule has 9 nitrogen and oxygen atoms in total. The molecule has 3 aromatic carbocycles. The van der Waals surface area contributed by atoms with Gasteiger partial charge in [-0.05, 0) is 67.6 Å². The number of benzene rings is 3. The number of amides is 2. The standard InChI is InChI=1S/C33H40ClFN4O5S/c1-21(2)30(23-13-15-24(34)16-14-23)31(38-33(41)44-4)32(40)37-29-12-8-11-28(35)27(29)18-17-25-20-36-19-22(3)39(25)45(42,43)26-9-6-5-7-10-26/h5-16,21-22,25,30-31,36H,17-20H2,1-4H3,(H,37,40)(H,38,41)/t22-,25+,30?,31+/m1/s1. The summed E-state index contributed by atoms with van der Waals surface area (Å²) in [6.45, 7) is 6.59. The van der Waals surface area contributed by atoms with Crippen LogP contribution in [0.15, 0.2) is 77.7 Å². The maximum atomic E-state index is 15.4. The van der Waals surface area contributed by atoms with Crippen molar-refractivity contribution in [2.24, 2.45) is 5.92 Å². The van der Waals surface area contributed by atoms with Gasteiger partial charge in [0.05, 0.1) is 12.0 Å². The fourth-order valence-corrected chi connectivity index (χ4v) is 7.97. The number of sulfonamides is 1. The number of piperazine rings is 1. The van der Waals surface area contributed by atoms with E-state index in [9.17, 15) is 18.0 Å². The van der Waals surface area contributed by atoms with E-state index in [2.05, 4.69) is 16.0 Å². The lowest BCUT2D eigenvalue weighted by Gasteiger charge is -2.40. The van der Waals surface area contributed by atoms with Crippen LogP contribution in [0.1, 0.15) is 44.2 Å². The number of nitrogens with zero attached hydrogens (tertiary/aromatic N) is 1. The molecule has 45 heavy (non-hydrogen) atoms. The maximum Gasteiger partial charge on any atom is 0.407 e. The van der Waals surface area contributed by atoms with Crippen LogP contribution in [0.3, 0.4) is 0 Å². The Morgan fingerprint density at radius 2 is 1.73 bits per heavy atom.